The van der Waals surface area contributed by atoms with E-state index in [1.54, 1.807) is 0 Å². The van der Waals surface area contributed by atoms with Gasteiger partial charge in [-0.25, -0.2) is 4.79 Å². The van der Waals surface area contributed by atoms with E-state index in [4.69, 9.17) is 9.47 Å². The molecule has 4 aromatic rings. The number of hydrogen-bond donors (Lipinski definition) is 3. The van der Waals surface area contributed by atoms with E-state index in [9.17, 15) is 14.7 Å². The van der Waals surface area contributed by atoms with Crippen LogP contribution in [0.15, 0.2) is 84.9 Å². The number of benzene rings is 4. The van der Waals surface area contributed by atoms with E-state index in [-0.39, 0.29) is 42.6 Å². The second-order valence-corrected chi connectivity index (χ2v) is 13.2. The largest absolute Gasteiger partial charge is 1.00 e. The summed E-state index contributed by atoms with van der Waals surface area (Å²) < 4.78 is 12.8. The summed E-state index contributed by atoms with van der Waals surface area (Å²) in [6.45, 7) is 0.00352. The summed E-state index contributed by atoms with van der Waals surface area (Å²) >= 11 is 0. The van der Waals surface area contributed by atoms with Crippen molar-refractivity contribution < 1.29 is 52.6 Å². The number of anilines is 2. The Morgan fingerprint density at radius 2 is 1.57 bits per heavy atom. The van der Waals surface area contributed by atoms with E-state index >= 15 is 0 Å². The lowest BCUT2D eigenvalue weighted by atomic mass is 9.96. The van der Waals surface area contributed by atoms with Gasteiger partial charge in [0.1, 0.15) is 30.4 Å². The molecule has 2 bridgehead atoms. The number of aliphatic hydroxyl groups excluding tert-OH is 1. The van der Waals surface area contributed by atoms with Gasteiger partial charge in [-0.15, -0.1) is 0 Å². The van der Waals surface area contributed by atoms with E-state index in [0.29, 0.717) is 42.8 Å². The highest BCUT2D eigenvalue weighted by molar-refractivity contribution is 5.95. The first-order valence-corrected chi connectivity index (χ1v) is 15.9. The Morgan fingerprint density at radius 3 is 2.30 bits per heavy atom. The van der Waals surface area contributed by atoms with Crippen LogP contribution in [0.2, 0.25) is 0 Å². The molecule has 0 radical (unpaired) electrons. The van der Waals surface area contributed by atoms with Crippen LogP contribution in [-0.2, 0) is 27.3 Å². The second-order valence-electron chi connectivity index (χ2n) is 13.2. The van der Waals surface area contributed by atoms with Gasteiger partial charge < -0.3 is 48.4 Å². The van der Waals surface area contributed by atoms with Crippen molar-refractivity contribution in [3.8, 4) is 11.1 Å². The van der Waals surface area contributed by atoms with Gasteiger partial charge in [-0.1, -0.05) is 54.6 Å². The van der Waals surface area contributed by atoms with Crippen molar-refractivity contribution >= 4 is 34.1 Å². The number of aryl methyl sites for hydroxylation is 1. The molecule has 0 aromatic heterocycles. The van der Waals surface area contributed by atoms with Gasteiger partial charge in [0.15, 0.2) is 0 Å². The maximum Gasteiger partial charge on any atom is 0.411 e. The van der Waals surface area contributed by atoms with Crippen molar-refractivity contribution in [2.75, 3.05) is 24.7 Å². The molecule has 3 fully saturated rings. The minimum atomic E-state index is -0.426. The predicted octanol–water partition coefficient (Wildman–Crippen LogP) is 3.27. The second kappa shape index (κ2) is 13.3. The van der Waals surface area contributed by atoms with E-state index in [1.165, 1.54) is 0 Å². The van der Waals surface area contributed by atoms with Gasteiger partial charge in [-0.2, -0.15) is 0 Å². The number of amides is 2. The SMILES string of the molecule is C[N+]1(C)[C@@H]2C[C@@H](OC(=O)Nc3ccc(CCCC(=O)Nc4ccc5cc(CO)ccc5c4)cc3-c3ccccc3)C[C@H]1[C@@H]1O[C@@H]12.[I-]. The average Bonchev–Trinajstić information content (AvgIpc) is 3.81. The molecule has 0 unspecified atom stereocenters. The molecule has 3 N–H and O–H groups in total. The number of morpholine rings is 1. The maximum atomic E-state index is 13.1. The average molecular weight is 734 g/mol. The first-order chi connectivity index (χ1) is 21.8. The molecule has 7 rings (SSSR count). The van der Waals surface area contributed by atoms with Crippen molar-refractivity contribution in [2.24, 2.45) is 0 Å². The van der Waals surface area contributed by atoms with Gasteiger partial charge in [-0.3, -0.25) is 10.1 Å². The lowest BCUT2D eigenvalue weighted by Crippen LogP contribution is -3.00. The molecule has 3 saturated heterocycles. The molecular weight excluding hydrogens is 693 g/mol. The van der Waals surface area contributed by atoms with Crippen molar-refractivity contribution in [1.29, 1.82) is 0 Å². The lowest BCUT2D eigenvalue weighted by molar-refractivity contribution is -0.938. The van der Waals surface area contributed by atoms with E-state index in [2.05, 4.69) is 30.8 Å². The molecule has 2 amide bonds. The summed E-state index contributed by atoms with van der Waals surface area (Å²) in [6, 6.07) is 28.4. The summed E-state index contributed by atoms with van der Waals surface area (Å²) in [5.41, 5.74) is 5.34. The molecule has 9 heteroatoms. The van der Waals surface area contributed by atoms with Gasteiger partial charge in [0.2, 0.25) is 5.91 Å². The third kappa shape index (κ3) is 6.64. The third-order valence-electron chi connectivity index (χ3n) is 9.96. The number of carbonyl (C=O) groups is 2. The van der Waals surface area contributed by atoms with Gasteiger partial charge in [-0.05, 0) is 70.6 Å². The lowest BCUT2D eigenvalue weighted by Gasteiger charge is -2.45. The molecule has 0 spiro atoms. The highest BCUT2D eigenvalue weighted by Crippen LogP contribution is 2.51. The monoisotopic (exact) mass is 733 g/mol. The number of likely N-dealkylation sites (N-methyl/N-ethyl adjacent to an activating group) is 1. The van der Waals surface area contributed by atoms with Gasteiger partial charge >= 0.3 is 6.09 Å². The summed E-state index contributed by atoms with van der Waals surface area (Å²) in [4.78, 5) is 25.9. The summed E-state index contributed by atoms with van der Waals surface area (Å²) in [7, 11) is 4.53. The molecule has 3 heterocycles. The zero-order valence-electron chi connectivity index (χ0n) is 26.1. The summed E-state index contributed by atoms with van der Waals surface area (Å²) in [6.07, 6.45) is 3.53. The number of hydrogen-bond acceptors (Lipinski definition) is 5. The van der Waals surface area contributed by atoms with Crippen molar-refractivity contribution in [1.82, 2.24) is 0 Å². The minimum Gasteiger partial charge on any atom is -1.00 e. The molecule has 3 aliphatic rings. The normalized spacial score (nSPS) is 23.6. The zero-order valence-corrected chi connectivity index (χ0v) is 28.3. The van der Waals surface area contributed by atoms with Crippen LogP contribution in [0.4, 0.5) is 16.2 Å². The molecule has 3 aliphatic heterocycles. The van der Waals surface area contributed by atoms with Crippen LogP contribution in [0.1, 0.15) is 36.8 Å². The molecular formula is C37H40IN3O5. The molecule has 5 atom stereocenters. The van der Waals surface area contributed by atoms with Crippen LogP contribution in [-0.4, -0.2) is 66.1 Å². The Labute approximate surface area is 286 Å². The van der Waals surface area contributed by atoms with Gasteiger partial charge in [0, 0.05) is 30.5 Å². The van der Waals surface area contributed by atoms with Crippen LogP contribution in [0, 0.1) is 0 Å². The Morgan fingerprint density at radius 1 is 0.870 bits per heavy atom. The number of aliphatic hydroxyl groups is 1. The Kier molecular flexibility index (Phi) is 9.38. The molecule has 0 aliphatic carbocycles. The van der Waals surface area contributed by atoms with Crippen molar-refractivity contribution in [3.63, 3.8) is 0 Å². The Balaban J connectivity index is 0.00000372. The third-order valence-corrected chi connectivity index (χ3v) is 9.96. The van der Waals surface area contributed by atoms with Crippen molar-refractivity contribution in [2.45, 2.75) is 69.1 Å². The van der Waals surface area contributed by atoms with Gasteiger partial charge in [0.05, 0.1) is 26.4 Å². The predicted molar refractivity (Wildman–Crippen MR) is 175 cm³/mol. The molecule has 4 aromatic carbocycles. The first kappa shape index (κ1) is 32.4. The number of halogens is 1. The number of rotatable bonds is 9. The maximum absolute atomic E-state index is 13.1. The van der Waals surface area contributed by atoms with Crippen LogP contribution >= 0.6 is 0 Å². The van der Waals surface area contributed by atoms with E-state index in [1.807, 2.05) is 78.9 Å². The first-order valence-electron chi connectivity index (χ1n) is 15.9. The number of carbonyl (C=O) groups excluding carboxylic acids is 2. The zero-order chi connectivity index (χ0) is 31.1. The fraction of sp³-hybridized carbons (Fsp3) is 0.351. The summed E-state index contributed by atoms with van der Waals surface area (Å²) in [5.74, 6) is -0.0344. The number of fused-ring (bicyclic) bond motifs is 6. The van der Waals surface area contributed by atoms with Crippen LogP contribution in [0.3, 0.4) is 0 Å². The van der Waals surface area contributed by atoms with Gasteiger partial charge in [0.25, 0.3) is 0 Å². The fourth-order valence-electron chi connectivity index (χ4n) is 7.45. The number of quaternary nitrogens is 1. The fourth-order valence-corrected chi connectivity index (χ4v) is 7.45. The number of ether oxygens (including phenoxy) is 2. The molecule has 0 saturated carbocycles. The topological polar surface area (TPSA) is 100 Å². The number of epoxide rings is 1. The molecule has 8 nitrogen and oxygen atoms in total. The van der Waals surface area contributed by atoms with Crippen LogP contribution in [0.5, 0.6) is 0 Å². The van der Waals surface area contributed by atoms with Crippen LogP contribution in [0.25, 0.3) is 21.9 Å². The smallest absolute Gasteiger partial charge is 0.411 e. The highest BCUT2D eigenvalue weighted by atomic mass is 127. The molecule has 240 valence electrons. The van der Waals surface area contributed by atoms with E-state index in [0.717, 1.165) is 62.5 Å². The quantitative estimate of drug-likeness (QED) is 0.140. The number of piperidine rings is 1. The Hall–Kier alpha value is -3.51. The number of nitrogens with zero attached hydrogens (tertiary/aromatic N) is 1. The van der Waals surface area contributed by atoms with E-state index < -0.39 is 6.09 Å². The minimum absolute atomic E-state index is 0. The van der Waals surface area contributed by atoms with Crippen LogP contribution < -0.4 is 34.6 Å². The standard InChI is InChI=1S/C37H39N3O5.HI/c1-40(2)32-20-29(21-33(40)36-35(32)45-36)44-37(43)39-31-16-12-23(18-30(31)25-8-4-3-5-9-25)7-6-10-34(42)38-28-15-14-26-17-24(22-41)11-13-27(26)19-28;/h3-5,8-9,11-19,29,32-33,35-36,41H,6-7,10,20-22H2,1-2H3,(H-,38,39,42,43);1H/t29-,32-,33+,35-,36+;. The molecule has 46 heavy (non-hydrogen) atoms. The Bertz CT molecular complexity index is 1730. The van der Waals surface area contributed by atoms with Crippen molar-refractivity contribution in [3.05, 3.63) is 96.1 Å². The highest BCUT2D eigenvalue weighted by Gasteiger charge is 2.70. The number of nitrogens with one attached hydrogen (secondary N) is 2. The summed E-state index contributed by atoms with van der Waals surface area (Å²) in [5, 5.41) is 17.4.